The topological polar surface area (TPSA) is 39.2 Å². The Hall–Kier alpha value is -1.90. The Kier molecular flexibility index (Phi) is 3.56. The minimum atomic E-state index is -0.458. The van der Waals surface area contributed by atoms with Crippen LogP contribution in [0.3, 0.4) is 0 Å². The summed E-state index contributed by atoms with van der Waals surface area (Å²) in [5.74, 6) is -0.492. The summed E-state index contributed by atoms with van der Waals surface area (Å²) >= 11 is 0. The fourth-order valence-electron chi connectivity index (χ4n) is 1.88. The van der Waals surface area contributed by atoms with Crippen LogP contribution in [0, 0.1) is 0 Å². The Morgan fingerprint density at radius 1 is 1.26 bits per heavy atom. The van der Waals surface area contributed by atoms with Crippen LogP contribution in [0.2, 0.25) is 0 Å². The van der Waals surface area contributed by atoms with E-state index in [4.69, 9.17) is 4.74 Å². The molecule has 0 spiro atoms. The molecule has 0 radical (unpaired) electrons. The summed E-state index contributed by atoms with van der Waals surface area (Å²) < 4.78 is 5.41. The van der Waals surface area contributed by atoms with E-state index >= 15 is 0 Å². The highest BCUT2D eigenvalue weighted by atomic mass is 16.6. The highest BCUT2D eigenvalue weighted by molar-refractivity contribution is 5.83. The number of benzene rings is 1. The minimum Gasteiger partial charge on any atom is -0.460 e. The standard InChI is InChI=1S/C16H19NO2/c1-11(15(18)19-16(2,3)4)13-8-7-12-6-5-9-17-14(12)10-13/h5-11H,1-4H3. The first kappa shape index (κ1) is 13.5. The van der Waals surface area contributed by atoms with Crippen LogP contribution in [0.1, 0.15) is 39.2 Å². The summed E-state index contributed by atoms with van der Waals surface area (Å²) in [5, 5.41) is 1.07. The first-order valence-electron chi connectivity index (χ1n) is 6.44. The second-order valence-corrected chi connectivity index (χ2v) is 5.71. The lowest BCUT2D eigenvalue weighted by Crippen LogP contribution is -2.26. The Balaban J connectivity index is 2.26. The summed E-state index contributed by atoms with van der Waals surface area (Å²) in [6.45, 7) is 7.48. The summed E-state index contributed by atoms with van der Waals surface area (Å²) in [5.41, 5.74) is 1.37. The Bertz CT molecular complexity index is 599. The van der Waals surface area contributed by atoms with Crippen LogP contribution < -0.4 is 0 Å². The van der Waals surface area contributed by atoms with Crippen molar-refractivity contribution in [2.75, 3.05) is 0 Å². The molecular weight excluding hydrogens is 238 g/mol. The molecule has 0 aliphatic heterocycles. The molecule has 1 atom stereocenters. The molecular formula is C16H19NO2. The Labute approximate surface area is 113 Å². The molecule has 0 aliphatic carbocycles. The predicted molar refractivity (Wildman–Crippen MR) is 76.0 cm³/mol. The third-order valence-electron chi connectivity index (χ3n) is 2.89. The van der Waals surface area contributed by atoms with Crippen LogP contribution in [0.15, 0.2) is 36.5 Å². The van der Waals surface area contributed by atoms with E-state index in [0.29, 0.717) is 0 Å². The van der Waals surface area contributed by atoms with Crippen molar-refractivity contribution in [1.82, 2.24) is 4.98 Å². The predicted octanol–water partition coefficient (Wildman–Crippen LogP) is 3.68. The van der Waals surface area contributed by atoms with E-state index in [1.807, 2.05) is 58.0 Å². The van der Waals surface area contributed by atoms with Gasteiger partial charge in [-0.15, -0.1) is 0 Å². The van der Waals surface area contributed by atoms with E-state index in [0.717, 1.165) is 16.5 Å². The van der Waals surface area contributed by atoms with Crippen LogP contribution in [0.25, 0.3) is 10.9 Å². The number of esters is 1. The van der Waals surface area contributed by atoms with E-state index in [-0.39, 0.29) is 11.9 Å². The van der Waals surface area contributed by atoms with E-state index in [2.05, 4.69) is 4.98 Å². The van der Waals surface area contributed by atoms with Crippen molar-refractivity contribution < 1.29 is 9.53 Å². The second kappa shape index (κ2) is 5.00. The largest absolute Gasteiger partial charge is 0.460 e. The van der Waals surface area contributed by atoms with E-state index < -0.39 is 5.60 Å². The smallest absolute Gasteiger partial charge is 0.313 e. The maximum absolute atomic E-state index is 12.1. The van der Waals surface area contributed by atoms with Crippen LogP contribution in [-0.2, 0) is 9.53 Å². The molecule has 0 amide bonds. The van der Waals surface area contributed by atoms with Gasteiger partial charge in [-0.25, -0.2) is 0 Å². The van der Waals surface area contributed by atoms with Gasteiger partial charge >= 0.3 is 5.97 Å². The van der Waals surface area contributed by atoms with Gasteiger partial charge in [-0.1, -0.05) is 18.2 Å². The summed E-state index contributed by atoms with van der Waals surface area (Å²) in [4.78, 5) is 16.4. The molecule has 0 saturated heterocycles. The average Bonchev–Trinajstić information content (AvgIpc) is 2.35. The molecule has 100 valence electrons. The van der Waals surface area contributed by atoms with Gasteiger partial charge in [0, 0.05) is 11.6 Å². The maximum Gasteiger partial charge on any atom is 0.313 e. The molecule has 3 heteroatoms. The second-order valence-electron chi connectivity index (χ2n) is 5.71. The van der Waals surface area contributed by atoms with E-state index in [9.17, 15) is 4.79 Å². The van der Waals surface area contributed by atoms with Crippen molar-refractivity contribution in [3.8, 4) is 0 Å². The molecule has 0 saturated carbocycles. The van der Waals surface area contributed by atoms with Crippen molar-refractivity contribution in [2.24, 2.45) is 0 Å². The summed E-state index contributed by atoms with van der Waals surface area (Å²) in [6.07, 6.45) is 1.75. The Morgan fingerprint density at radius 2 is 2.00 bits per heavy atom. The van der Waals surface area contributed by atoms with Gasteiger partial charge in [-0.3, -0.25) is 9.78 Å². The van der Waals surface area contributed by atoms with Crippen molar-refractivity contribution in [3.05, 3.63) is 42.1 Å². The number of hydrogen-bond donors (Lipinski definition) is 0. The van der Waals surface area contributed by atoms with Gasteiger partial charge in [0.1, 0.15) is 5.60 Å². The molecule has 2 aromatic rings. The van der Waals surface area contributed by atoms with Crippen LogP contribution in [0.5, 0.6) is 0 Å². The van der Waals surface area contributed by atoms with Crippen molar-refractivity contribution in [3.63, 3.8) is 0 Å². The van der Waals surface area contributed by atoms with Crippen LogP contribution >= 0.6 is 0 Å². The van der Waals surface area contributed by atoms with Gasteiger partial charge < -0.3 is 4.74 Å². The molecule has 1 heterocycles. The zero-order valence-electron chi connectivity index (χ0n) is 11.8. The third kappa shape index (κ3) is 3.31. The first-order chi connectivity index (χ1) is 8.87. The molecule has 0 aliphatic rings. The van der Waals surface area contributed by atoms with E-state index in [1.54, 1.807) is 6.20 Å². The molecule has 0 fully saturated rings. The van der Waals surface area contributed by atoms with Gasteiger partial charge in [0.05, 0.1) is 11.4 Å². The molecule has 0 N–H and O–H groups in total. The number of hydrogen-bond acceptors (Lipinski definition) is 3. The normalized spacial score (nSPS) is 13.3. The number of carbonyl (C=O) groups is 1. The van der Waals surface area contributed by atoms with Crippen molar-refractivity contribution in [2.45, 2.75) is 39.2 Å². The van der Waals surface area contributed by atoms with Gasteiger partial charge in [0.25, 0.3) is 0 Å². The summed E-state index contributed by atoms with van der Waals surface area (Å²) in [6, 6.07) is 9.80. The molecule has 1 aromatic heterocycles. The third-order valence-corrected chi connectivity index (χ3v) is 2.89. The first-order valence-corrected chi connectivity index (χ1v) is 6.44. The molecule has 1 aromatic carbocycles. The van der Waals surface area contributed by atoms with Crippen molar-refractivity contribution >= 4 is 16.9 Å². The number of fused-ring (bicyclic) bond motifs is 1. The van der Waals surface area contributed by atoms with Gasteiger partial charge in [0.2, 0.25) is 0 Å². The fraction of sp³-hybridized carbons (Fsp3) is 0.375. The maximum atomic E-state index is 12.1. The number of nitrogens with zero attached hydrogens (tertiary/aromatic N) is 1. The molecule has 2 rings (SSSR count). The highest BCUT2D eigenvalue weighted by Gasteiger charge is 2.23. The van der Waals surface area contributed by atoms with Gasteiger partial charge in [-0.2, -0.15) is 0 Å². The minimum absolute atomic E-state index is 0.206. The van der Waals surface area contributed by atoms with Gasteiger partial charge in [-0.05, 0) is 45.4 Å². The number of aromatic nitrogens is 1. The molecule has 19 heavy (non-hydrogen) atoms. The zero-order valence-corrected chi connectivity index (χ0v) is 11.8. The lowest BCUT2D eigenvalue weighted by molar-refractivity contribution is -0.156. The lowest BCUT2D eigenvalue weighted by atomic mass is 9.99. The average molecular weight is 257 g/mol. The number of rotatable bonds is 2. The molecule has 1 unspecified atom stereocenters. The monoisotopic (exact) mass is 257 g/mol. The lowest BCUT2D eigenvalue weighted by Gasteiger charge is -2.22. The molecule has 0 bridgehead atoms. The van der Waals surface area contributed by atoms with Crippen LogP contribution in [0.4, 0.5) is 0 Å². The number of ether oxygens (including phenoxy) is 1. The number of carbonyl (C=O) groups excluding carboxylic acids is 1. The zero-order chi connectivity index (χ0) is 14.0. The SMILES string of the molecule is CC(C(=O)OC(C)(C)C)c1ccc2cccnc2c1. The highest BCUT2D eigenvalue weighted by Crippen LogP contribution is 2.23. The van der Waals surface area contributed by atoms with Gasteiger partial charge in [0.15, 0.2) is 0 Å². The van der Waals surface area contributed by atoms with E-state index in [1.165, 1.54) is 0 Å². The quantitative estimate of drug-likeness (QED) is 0.770. The van der Waals surface area contributed by atoms with Crippen molar-refractivity contribution in [1.29, 1.82) is 0 Å². The van der Waals surface area contributed by atoms with Crippen LogP contribution in [-0.4, -0.2) is 16.6 Å². The summed E-state index contributed by atoms with van der Waals surface area (Å²) in [7, 11) is 0. The Morgan fingerprint density at radius 3 is 2.68 bits per heavy atom. The number of pyridine rings is 1. The fourth-order valence-corrected chi connectivity index (χ4v) is 1.88. The molecule has 3 nitrogen and oxygen atoms in total.